The van der Waals surface area contributed by atoms with E-state index in [0.717, 1.165) is 25.7 Å². The van der Waals surface area contributed by atoms with Crippen LogP contribution >= 0.6 is 0 Å². The lowest BCUT2D eigenvalue weighted by Crippen LogP contribution is -2.67. The van der Waals surface area contributed by atoms with Gasteiger partial charge in [0, 0.05) is 6.04 Å². The molecule has 1 aliphatic heterocycles. The second-order valence-corrected chi connectivity index (χ2v) is 6.65. The lowest BCUT2D eigenvalue weighted by molar-refractivity contribution is -0.154. The maximum Gasteiger partial charge on any atom is 0.246 e. The van der Waals surface area contributed by atoms with E-state index in [9.17, 15) is 9.59 Å². The van der Waals surface area contributed by atoms with Crippen LogP contribution in [0.5, 0.6) is 0 Å². The van der Waals surface area contributed by atoms with Crippen molar-refractivity contribution < 1.29 is 9.59 Å². The van der Waals surface area contributed by atoms with Crippen molar-refractivity contribution in [1.29, 1.82) is 0 Å². The Bertz CT molecular complexity index is 432. The molecule has 0 bridgehead atoms. The summed E-state index contributed by atoms with van der Waals surface area (Å²) in [4.78, 5) is 27.4. The van der Waals surface area contributed by atoms with Gasteiger partial charge in [-0.1, -0.05) is 38.3 Å². The van der Waals surface area contributed by atoms with Gasteiger partial charge in [-0.2, -0.15) is 0 Å². The van der Waals surface area contributed by atoms with Crippen molar-refractivity contribution in [3.8, 4) is 0 Å². The first-order chi connectivity index (χ1) is 10.2. The zero-order chi connectivity index (χ0) is 14.8. The summed E-state index contributed by atoms with van der Waals surface area (Å²) in [5.41, 5.74) is 0. The third-order valence-corrected chi connectivity index (χ3v) is 5.34. The van der Waals surface area contributed by atoms with Crippen molar-refractivity contribution in [2.24, 2.45) is 5.92 Å². The topological polar surface area (TPSA) is 49.4 Å². The molecule has 2 atom stereocenters. The van der Waals surface area contributed by atoms with Gasteiger partial charge in [-0.05, 0) is 38.0 Å². The van der Waals surface area contributed by atoms with Gasteiger partial charge in [0.2, 0.25) is 11.8 Å². The smallest absolute Gasteiger partial charge is 0.246 e. The minimum Gasteiger partial charge on any atom is -0.342 e. The van der Waals surface area contributed by atoms with Gasteiger partial charge in [-0.25, -0.2) is 0 Å². The molecular formula is C17H26N2O2. The average Bonchev–Trinajstić information content (AvgIpc) is 3.03. The molecule has 0 aromatic carbocycles. The van der Waals surface area contributed by atoms with Crippen LogP contribution in [0.2, 0.25) is 0 Å². The van der Waals surface area contributed by atoms with Crippen LogP contribution in [0.15, 0.2) is 12.2 Å². The number of nitrogens with one attached hydrogen (secondary N) is 1. The molecule has 1 N–H and O–H groups in total. The molecule has 3 rings (SSSR count). The van der Waals surface area contributed by atoms with E-state index < -0.39 is 0 Å². The lowest BCUT2D eigenvalue weighted by Gasteiger charge is -2.44. The number of hydrogen-bond donors (Lipinski definition) is 1. The van der Waals surface area contributed by atoms with Crippen molar-refractivity contribution >= 4 is 11.8 Å². The van der Waals surface area contributed by atoms with E-state index in [1.807, 2.05) is 11.8 Å². The summed E-state index contributed by atoms with van der Waals surface area (Å²) in [6, 6.07) is -0.358. The Labute approximate surface area is 127 Å². The monoisotopic (exact) mass is 290 g/mol. The molecule has 116 valence electrons. The second-order valence-electron chi connectivity index (χ2n) is 6.65. The highest BCUT2D eigenvalue weighted by molar-refractivity contribution is 5.97. The van der Waals surface area contributed by atoms with Gasteiger partial charge in [0.15, 0.2) is 0 Å². The molecule has 0 aromatic rings. The fraction of sp³-hybridized carbons (Fsp3) is 0.765. The molecule has 4 nitrogen and oxygen atoms in total. The number of hydrogen-bond acceptors (Lipinski definition) is 2. The average molecular weight is 290 g/mol. The van der Waals surface area contributed by atoms with Gasteiger partial charge in [-0.15, -0.1) is 0 Å². The van der Waals surface area contributed by atoms with Gasteiger partial charge in [0.05, 0.1) is 0 Å². The summed E-state index contributed by atoms with van der Waals surface area (Å²) < 4.78 is 0. The van der Waals surface area contributed by atoms with Crippen LogP contribution in [-0.2, 0) is 9.59 Å². The van der Waals surface area contributed by atoms with Gasteiger partial charge < -0.3 is 10.2 Å². The first kappa shape index (κ1) is 14.6. The number of carbonyl (C=O) groups excluding carboxylic acids is 2. The molecule has 3 aliphatic rings. The summed E-state index contributed by atoms with van der Waals surface area (Å²) in [6.45, 7) is 1.99. The standard InChI is InChI=1S/C17H26N2O2/c1-2-14-16(20)18-15(12-8-4-3-5-9-12)17(21)19(14)13-10-6-7-11-13/h6-7,12-15H,2-5,8-11H2,1H3,(H,18,20). The Morgan fingerprint density at radius 3 is 2.43 bits per heavy atom. The Morgan fingerprint density at radius 1 is 1.14 bits per heavy atom. The van der Waals surface area contributed by atoms with E-state index in [1.54, 1.807) is 0 Å². The number of carbonyl (C=O) groups is 2. The fourth-order valence-corrected chi connectivity index (χ4v) is 4.19. The van der Waals surface area contributed by atoms with Crippen LogP contribution < -0.4 is 5.32 Å². The van der Waals surface area contributed by atoms with Crippen LogP contribution in [0.1, 0.15) is 58.3 Å². The predicted molar refractivity (Wildman–Crippen MR) is 81.6 cm³/mol. The summed E-state index contributed by atoms with van der Waals surface area (Å²) in [5.74, 6) is 0.562. The van der Waals surface area contributed by atoms with Gasteiger partial charge in [0.1, 0.15) is 12.1 Å². The van der Waals surface area contributed by atoms with Gasteiger partial charge in [0.25, 0.3) is 0 Å². The molecule has 4 heteroatoms. The normalized spacial score (nSPS) is 31.8. The number of rotatable bonds is 3. The van der Waals surface area contributed by atoms with E-state index in [4.69, 9.17) is 0 Å². The van der Waals surface area contributed by atoms with E-state index in [2.05, 4.69) is 17.5 Å². The molecule has 0 radical (unpaired) electrons. The number of piperazine rings is 1. The zero-order valence-corrected chi connectivity index (χ0v) is 12.9. The first-order valence-electron chi connectivity index (χ1n) is 8.50. The molecule has 21 heavy (non-hydrogen) atoms. The Hall–Kier alpha value is -1.32. The van der Waals surface area contributed by atoms with Crippen molar-refractivity contribution in [3.63, 3.8) is 0 Å². The van der Waals surface area contributed by atoms with Crippen LogP contribution in [0.3, 0.4) is 0 Å². The second kappa shape index (κ2) is 6.20. The van der Waals surface area contributed by atoms with Gasteiger partial charge in [-0.3, -0.25) is 9.59 Å². The molecule has 2 unspecified atom stereocenters. The SMILES string of the molecule is CCC1C(=O)NC(C2CCCCC2)C(=O)N1C1CC=CC1. The van der Waals surface area contributed by atoms with Crippen LogP contribution in [0.25, 0.3) is 0 Å². The number of nitrogens with zero attached hydrogens (tertiary/aromatic N) is 1. The predicted octanol–water partition coefficient (Wildman–Crippen LogP) is 2.39. The van der Waals surface area contributed by atoms with E-state index in [1.165, 1.54) is 19.3 Å². The third kappa shape index (κ3) is 2.72. The molecule has 2 fully saturated rings. The fourth-order valence-electron chi connectivity index (χ4n) is 4.19. The lowest BCUT2D eigenvalue weighted by atomic mass is 9.81. The number of amides is 2. The van der Waals surface area contributed by atoms with E-state index in [0.29, 0.717) is 12.3 Å². The molecule has 0 aromatic heterocycles. The quantitative estimate of drug-likeness (QED) is 0.811. The minimum absolute atomic E-state index is 0.0552. The molecule has 1 saturated heterocycles. The maximum atomic E-state index is 13.0. The molecule has 2 aliphatic carbocycles. The summed E-state index contributed by atoms with van der Waals surface area (Å²) in [5, 5.41) is 3.04. The molecule has 2 amide bonds. The molecule has 1 saturated carbocycles. The Morgan fingerprint density at radius 2 is 1.81 bits per heavy atom. The maximum absolute atomic E-state index is 13.0. The highest BCUT2D eigenvalue weighted by Gasteiger charge is 2.45. The Kier molecular flexibility index (Phi) is 4.32. The van der Waals surface area contributed by atoms with Crippen molar-refractivity contribution in [2.75, 3.05) is 0 Å². The molecule has 0 spiro atoms. The largest absolute Gasteiger partial charge is 0.342 e. The van der Waals surface area contributed by atoms with E-state index >= 15 is 0 Å². The highest BCUT2D eigenvalue weighted by atomic mass is 16.2. The van der Waals surface area contributed by atoms with Crippen LogP contribution in [0.4, 0.5) is 0 Å². The summed E-state index contributed by atoms with van der Waals surface area (Å²) in [6.07, 6.45) is 12.5. The van der Waals surface area contributed by atoms with Crippen molar-refractivity contribution in [3.05, 3.63) is 12.2 Å². The van der Waals surface area contributed by atoms with Crippen molar-refractivity contribution in [1.82, 2.24) is 10.2 Å². The highest BCUT2D eigenvalue weighted by Crippen LogP contribution is 2.32. The van der Waals surface area contributed by atoms with Crippen LogP contribution in [0, 0.1) is 5.92 Å². The molecule has 1 heterocycles. The third-order valence-electron chi connectivity index (χ3n) is 5.34. The van der Waals surface area contributed by atoms with Crippen LogP contribution in [-0.4, -0.2) is 34.8 Å². The summed E-state index contributed by atoms with van der Waals surface area (Å²) >= 11 is 0. The molecular weight excluding hydrogens is 264 g/mol. The van der Waals surface area contributed by atoms with Gasteiger partial charge >= 0.3 is 0 Å². The zero-order valence-electron chi connectivity index (χ0n) is 12.9. The van der Waals surface area contributed by atoms with Crippen molar-refractivity contribution in [2.45, 2.75) is 76.4 Å². The first-order valence-corrected chi connectivity index (χ1v) is 8.50. The summed E-state index contributed by atoms with van der Waals surface area (Å²) in [7, 11) is 0. The van der Waals surface area contributed by atoms with E-state index in [-0.39, 0.29) is 29.9 Å². The Balaban J connectivity index is 1.80. The minimum atomic E-state index is -0.277.